The monoisotopic (exact) mass is 397 g/mol. The van der Waals surface area contributed by atoms with Gasteiger partial charge in [0.25, 0.3) is 0 Å². The first kappa shape index (κ1) is 20.0. The number of carbonyl (C=O) groups excluding carboxylic acids is 1. The van der Waals surface area contributed by atoms with Crippen molar-refractivity contribution in [3.8, 4) is 6.01 Å². The van der Waals surface area contributed by atoms with Gasteiger partial charge in [0.05, 0.1) is 24.9 Å². The lowest BCUT2D eigenvalue weighted by molar-refractivity contribution is 0.0697. The van der Waals surface area contributed by atoms with Crippen molar-refractivity contribution in [2.24, 2.45) is 5.14 Å². The number of hydrogen-bond donors (Lipinski definition) is 2. The molecule has 0 atom stereocenters. The Morgan fingerprint density at radius 3 is 2.48 bits per heavy atom. The van der Waals surface area contributed by atoms with Gasteiger partial charge in [-0.25, -0.2) is 14.6 Å². The van der Waals surface area contributed by atoms with E-state index in [1.165, 1.54) is 31.4 Å². The summed E-state index contributed by atoms with van der Waals surface area (Å²) in [5, 5.41) is 14.1. The Bertz CT molecular complexity index is 980. The van der Waals surface area contributed by atoms with Crippen molar-refractivity contribution < 1.29 is 32.0 Å². The number of anilines is 1. The van der Waals surface area contributed by atoms with Gasteiger partial charge in [-0.05, 0) is 19.1 Å². The molecule has 0 bridgehead atoms. The van der Waals surface area contributed by atoms with Crippen LogP contribution < -0.4 is 14.8 Å². The molecular weight excluding hydrogens is 382 g/mol. The van der Waals surface area contributed by atoms with Crippen LogP contribution >= 0.6 is 0 Å². The van der Waals surface area contributed by atoms with E-state index in [9.17, 15) is 23.1 Å². The highest BCUT2D eigenvalue weighted by molar-refractivity contribution is 7.84. The smallest absolute Gasteiger partial charge is 0.431 e. The van der Waals surface area contributed by atoms with Crippen molar-refractivity contribution in [3.63, 3.8) is 0 Å². The lowest BCUT2D eigenvalue weighted by Gasteiger charge is -2.22. The van der Waals surface area contributed by atoms with Crippen LogP contribution in [0, 0.1) is 6.92 Å². The van der Waals surface area contributed by atoms with Crippen molar-refractivity contribution in [3.05, 3.63) is 41.5 Å². The Morgan fingerprint density at radius 1 is 1.22 bits per heavy atom. The number of benzene rings is 1. The van der Waals surface area contributed by atoms with Gasteiger partial charge in [-0.2, -0.15) is 23.5 Å². The first-order chi connectivity index (χ1) is 12.6. The van der Waals surface area contributed by atoms with Crippen molar-refractivity contribution in [1.82, 2.24) is 15.0 Å². The van der Waals surface area contributed by atoms with Gasteiger partial charge in [0, 0.05) is 0 Å². The molecule has 0 fully saturated rings. The zero-order chi connectivity index (χ0) is 20.2. The van der Waals surface area contributed by atoms with Gasteiger partial charge < -0.3 is 14.0 Å². The zero-order valence-electron chi connectivity index (χ0n) is 14.2. The number of carboxylic acid groups (broad SMARTS) is 1. The number of hydrogen-bond acceptors (Lipinski definition) is 9. The molecule has 12 nitrogen and oxygen atoms in total. The number of nitrogens with zero attached hydrogens (tertiary/aromatic N) is 4. The Hall–Kier alpha value is -3.32. The van der Waals surface area contributed by atoms with Crippen LogP contribution in [0.4, 0.5) is 10.5 Å². The normalized spacial score (nSPS) is 10.9. The molecular formula is C14H15N5O7S. The maximum Gasteiger partial charge on any atom is 0.431 e. The topological polar surface area (TPSA) is 175 Å². The number of methoxy groups -OCH3 is 1. The van der Waals surface area contributed by atoms with Gasteiger partial charge in [0.2, 0.25) is 0 Å². The fourth-order valence-electron chi connectivity index (χ4n) is 2.10. The van der Waals surface area contributed by atoms with Crippen molar-refractivity contribution in [2.75, 3.05) is 12.0 Å². The number of ether oxygens (including phenoxy) is 1. The summed E-state index contributed by atoms with van der Waals surface area (Å²) in [6, 6.07) is 5.38. The Morgan fingerprint density at radius 2 is 1.89 bits per heavy atom. The van der Waals surface area contributed by atoms with Gasteiger partial charge in [-0.15, -0.1) is 0 Å². The standard InChI is InChI=1S/C14H15N5O7S/c1-8-16-11(18-13(17-8)25-2)7-19(14(22)26-27(15,23)24)10-6-4-3-5-9(10)12(20)21/h3-6H,7H2,1-2H3,(H,20,21)(H2,15,23,24). The number of aryl methyl sites for hydroxylation is 1. The first-order valence-corrected chi connectivity index (χ1v) is 8.69. The summed E-state index contributed by atoms with van der Waals surface area (Å²) in [5.74, 6) is -1.07. The molecule has 0 unspecified atom stereocenters. The van der Waals surface area contributed by atoms with E-state index in [4.69, 9.17) is 9.88 Å². The maximum absolute atomic E-state index is 12.3. The summed E-state index contributed by atoms with van der Waals surface area (Å²) in [6.45, 7) is 1.12. The predicted molar refractivity (Wildman–Crippen MR) is 90.3 cm³/mol. The fourth-order valence-corrected chi connectivity index (χ4v) is 2.38. The van der Waals surface area contributed by atoms with Gasteiger partial charge >= 0.3 is 28.4 Å². The van der Waals surface area contributed by atoms with Crippen LogP contribution in [0.3, 0.4) is 0 Å². The number of nitrogens with two attached hydrogens (primary N) is 1. The molecule has 27 heavy (non-hydrogen) atoms. The van der Waals surface area contributed by atoms with Crippen LogP contribution in [0.2, 0.25) is 0 Å². The van der Waals surface area contributed by atoms with E-state index < -0.39 is 28.9 Å². The van der Waals surface area contributed by atoms with Gasteiger partial charge in [0.15, 0.2) is 5.82 Å². The number of aromatic nitrogens is 3. The number of para-hydroxylation sites is 1. The average molecular weight is 397 g/mol. The SMILES string of the molecule is COc1nc(C)nc(CN(C(=O)OS(N)(=O)=O)c2ccccc2C(=O)O)n1. The second-order valence-electron chi connectivity index (χ2n) is 5.04. The van der Waals surface area contributed by atoms with Crippen LogP contribution in [0.1, 0.15) is 22.0 Å². The molecule has 2 rings (SSSR count). The van der Waals surface area contributed by atoms with E-state index in [0.717, 1.165) is 4.90 Å². The van der Waals surface area contributed by atoms with E-state index >= 15 is 0 Å². The molecule has 1 heterocycles. The van der Waals surface area contributed by atoms with Crippen molar-refractivity contribution in [1.29, 1.82) is 0 Å². The second-order valence-corrected chi connectivity index (χ2v) is 6.19. The van der Waals surface area contributed by atoms with Gasteiger partial charge in [0.1, 0.15) is 5.82 Å². The predicted octanol–water partition coefficient (Wildman–Crippen LogP) is 0.234. The van der Waals surface area contributed by atoms with Crippen LogP contribution in [0.5, 0.6) is 6.01 Å². The summed E-state index contributed by atoms with van der Waals surface area (Å²) in [4.78, 5) is 36.4. The molecule has 0 aliphatic heterocycles. The third-order valence-electron chi connectivity index (χ3n) is 3.09. The fraction of sp³-hybridized carbons (Fsp3) is 0.214. The van der Waals surface area contributed by atoms with Crippen LogP contribution in [-0.2, 0) is 21.0 Å². The largest absolute Gasteiger partial charge is 0.478 e. The lowest BCUT2D eigenvalue weighted by atomic mass is 10.1. The minimum absolute atomic E-state index is 0.00547. The summed E-state index contributed by atoms with van der Waals surface area (Å²) in [6.07, 6.45) is -1.43. The van der Waals surface area contributed by atoms with Crippen molar-refractivity contribution in [2.45, 2.75) is 13.5 Å². The third kappa shape index (κ3) is 5.32. The Balaban J connectivity index is 2.53. The summed E-state index contributed by atoms with van der Waals surface area (Å²) >= 11 is 0. The maximum atomic E-state index is 12.3. The number of rotatable bonds is 6. The summed E-state index contributed by atoms with van der Waals surface area (Å²) in [7, 11) is -3.31. The van der Waals surface area contributed by atoms with Crippen LogP contribution in [0.15, 0.2) is 24.3 Å². The van der Waals surface area contributed by atoms with E-state index in [1.807, 2.05) is 0 Å². The van der Waals surface area contributed by atoms with Gasteiger partial charge in [-0.3, -0.25) is 4.90 Å². The van der Waals surface area contributed by atoms with E-state index in [1.54, 1.807) is 6.92 Å². The molecule has 0 spiro atoms. The highest BCUT2D eigenvalue weighted by Gasteiger charge is 2.27. The first-order valence-electron chi connectivity index (χ1n) is 7.22. The van der Waals surface area contributed by atoms with Gasteiger partial charge in [-0.1, -0.05) is 12.1 Å². The summed E-state index contributed by atoms with van der Waals surface area (Å²) < 4.78 is 31.4. The second kappa shape index (κ2) is 7.92. The van der Waals surface area contributed by atoms with E-state index in [2.05, 4.69) is 19.1 Å². The third-order valence-corrected chi connectivity index (χ3v) is 3.46. The minimum Gasteiger partial charge on any atom is -0.478 e. The molecule has 1 aromatic carbocycles. The number of aromatic carboxylic acids is 1. The van der Waals surface area contributed by atoms with E-state index in [0.29, 0.717) is 0 Å². The minimum atomic E-state index is -4.64. The molecule has 2 aromatic rings. The Kier molecular flexibility index (Phi) is 5.87. The number of carboxylic acids is 1. The molecule has 1 amide bonds. The van der Waals surface area contributed by atoms with Crippen LogP contribution in [0.25, 0.3) is 0 Å². The molecule has 0 aliphatic carbocycles. The number of amides is 1. The number of carbonyl (C=O) groups is 2. The van der Waals surface area contributed by atoms with Crippen LogP contribution in [-0.4, -0.2) is 47.6 Å². The van der Waals surface area contributed by atoms with E-state index in [-0.39, 0.29) is 28.9 Å². The lowest BCUT2D eigenvalue weighted by Crippen LogP contribution is -2.36. The quantitative estimate of drug-likeness (QED) is 0.686. The highest BCUT2D eigenvalue weighted by atomic mass is 32.2. The molecule has 0 aliphatic rings. The molecule has 144 valence electrons. The Labute approximate surface area is 153 Å². The molecule has 0 saturated heterocycles. The molecule has 13 heteroatoms. The van der Waals surface area contributed by atoms with Crippen molar-refractivity contribution >= 4 is 28.1 Å². The zero-order valence-corrected chi connectivity index (χ0v) is 15.0. The molecule has 0 radical (unpaired) electrons. The summed E-state index contributed by atoms with van der Waals surface area (Å²) in [5.41, 5.74) is -0.419. The molecule has 0 saturated carbocycles. The molecule has 1 aromatic heterocycles. The molecule has 3 N–H and O–H groups in total. The highest BCUT2D eigenvalue weighted by Crippen LogP contribution is 2.23. The average Bonchev–Trinajstić information content (AvgIpc) is 2.57.